The topological polar surface area (TPSA) is 41.6 Å². The number of hydrogen-bond donors (Lipinski definition) is 1. The van der Waals surface area contributed by atoms with Crippen molar-refractivity contribution in [3.05, 3.63) is 42.0 Å². The summed E-state index contributed by atoms with van der Waals surface area (Å²) in [6.07, 6.45) is -0.726. The molecule has 1 aliphatic heterocycles. The number of unbranched alkanes of at least 4 members (excludes halogenated alkanes) is 3. The maximum absolute atomic E-state index is 14.3. The van der Waals surface area contributed by atoms with Crippen LogP contribution in [0.15, 0.2) is 36.4 Å². The van der Waals surface area contributed by atoms with Crippen LogP contribution in [0.3, 0.4) is 0 Å². The molecule has 2 aromatic carbocycles. The van der Waals surface area contributed by atoms with Crippen molar-refractivity contribution in [1.82, 2.24) is 10.4 Å². The summed E-state index contributed by atoms with van der Waals surface area (Å²) in [5.41, 5.74) is 1.46. The van der Waals surface area contributed by atoms with Crippen LogP contribution in [0.4, 0.5) is 13.2 Å². The number of hydrazine groups is 1. The summed E-state index contributed by atoms with van der Waals surface area (Å²) in [6.45, 7) is 5.72. The third kappa shape index (κ3) is 4.72. The first-order chi connectivity index (χ1) is 14.1. The van der Waals surface area contributed by atoms with Gasteiger partial charge in [0.15, 0.2) is 6.04 Å². The number of alkyl halides is 3. The van der Waals surface area contributed by atoms with Crippen LogP contribution in [0.1, 0.15) is 64.5 Å². The third-order valence-electron chi connectivity index (χ3n) is 5.51. The lowest BCUT2D eigenvalue weighted by Gasteiger charge is -2.38. The van der Waals surface area contributed by atoms with E-state index in [4.69, 9.17) is 4.74 Å². The summed E-state index contributed by atoms with van der Waals surface area (Å²) in [5, 5.41) is 2.49. The van der Waals surface area contributed by atoms with E-state index in [9.17, 15) is 18.0 Å². The first kappa shape index (κ1) is 22.4. The SMILES string of the molecule is CCCCCCOc1c(C(N2NC(=O)CC2(C)C)C(F)(F)F)ccc2ccccc12. The average molecular weight is 422 g/mol. The highest BCUT2D eigenvalue weighted by atomic mass is 19.4. The summed E-state index contributed by atoms with van der Waals surface area (Å²) < 4.78 is 49.0. The van der Waals surface area contributed by atoms with E-state index in [0.29, 0.717) is 12.0 Å². The predicted octanol–water partition coefficient (Wildman–Crippen LogP) is 5.92. The van der Waals surface area contributed by atoms with Crippen molar-refractivity contribution in [3.63, 3.8) is 0 Å². The summed E-state index contributed by atoms with van der Waals surface area (Å²) in [4.78, 5) is 12.0. The van der Waals surface area contributed by atoms with Crippen LogP contribution < -0.4 is 10.2 Å². The van der Waals surface area contributed by atoms with E-state index in [0.717, 1.165) is 36.1 Å². The molecule has 3 rings (SSSR count). The molecule has 0 saturated carbocycles. The molecule has 0 radical (unpaired) electrons. The maximum atomic E-state index is 14.3. The van der Waals surface area contributed by atoms with Gasteiger partial charge in [-0.3, -0.25) is 10.2 Å². The molecule has 4 nitrogen and oxygen atoms in total. The Hall–Kier alpha value is -2.28. The standard InChI is InChI=1S/C23H29F3N2O2/c1-4-5-6-9-14-30-20-17-11-8-7-10-16(17)12-13-18(20)21(23(24,25)26)28-22(2,3)15-19(29)27-28/h7-8,10-13,21H,4-6,9,14-15H2,1-3H3,(H,27,29). The number of nitrogens with zero attached hydrogens (tertiary/aromatic N) is 1. The number of carbonyl (C=O) groups excluding carboxylic acids is 1. The first-order valence-electron chi connectivity index (χ1n) is 10.4. The van der Waals surface area contributed by atoms with Gasteiger partial charge in [-0.2, -0.15) is 18.2 Å². The number of ether oxygens (including phenoxy) is 1. The van der Waals surface area contributed by atoms with E-state index < -0.39 is 23.7 Å². The number of carbonyl (C=O) groups is 1. The Balaban J connectivity index is 2.06. The van der Waals surface area contributed by atoms with E-state index in [1.807, 2.05) is 12.1 Å². The fourth-order valence-electron chi connectivity index (χ4n) is 4.02. The molecular weight excluding hydrogens is 393 g/mol. The van der Waals surface area contributed by atoms with E-state index in [1.165, 1.54) is 6.07 Å². The fourth-order valence-corrected chi connectivity index (χ4v) is 4.02. The van der Waals surface area contributed by atoms with Crippen molar-refractivity contribution in [2.24, 2.45) is 0 Å². The quantitative estimate of drug-likeness (QED) is 0.537. The van der Waals surface area contributed by atoms with Gasteiger partial charge in [-0.25, -0.2) is 0 Å². The van der Waals surface area contributed by atoms with Crippen molar-refractivity contribution in [2.75, 3.05) is 6.61 Å². The van der Waals surface area contributed by atoms with Crippen LogP contribution in [0, 0.1) is 0 Å². The van der Waals surface area contributed by atoms with Crippen LogP contribution in [-0.4, -0.2) is 29.2 Å². The molecule has 2 aromatic rings. The molecule has 1 aliphatic rings. The number of amides is 1. The zero-order chi connectivity index (χ0) is 21.9. The Kier molecular flexibility index (Phi) is 6.60. The molecule has 164 valence electrons. The molecule has 1 fully saturated rings. The highest BCUT2D eigenvalue weighted by molar-refractivity contribution is 5.90. The van der Waals surface area contributed by atoms with Crippen LogP contribution in [0.2, 0.25) is 0 Å². The summed E-state index contributed by atoms with van der Waals surface area (Å²) in [5.74, 6) is -0.180. The number of fused-ring (bicyclic) bond motifs is 1. The monoisotopic (exact) mass is 422 g/mol. The molecule has 0 aromatic heterocycles. The minimum atomic E-state index is -4.60. The second kappa shape index (κ2) is 8.84. The van der Waals surface area contributed by atoms with Gasteiger partial charge in [0.2, 0.25) is 5.91 Å². The molecule has 1 amide bonds. The van der Waals surface area contributed by atoms with Gasteiger partial charge in [0.1, 0.15) is 5.75 Å². The van der Waals surface area contributed by atoms with E-state index in [2.05, 4.69) is 12.3 Å². The van der Waals surface area contributed by atoms with Crippen LogP contribution >= 0.6 is 0 Å². The molecule has 1 heterocycles. The molecule has 30 heavy (non-hydrogen) atoms. The third-order valence-corrected chi connectivity index (χ3v) is 5.51. The van der Waals surface area contributed by atoms with E-state index in [-0.39, 0.29) is 17.7 Å². The van der Waals surface area contributed by atoms with Gasteiger partial charge >= 0.3 is 6.18 Å². The molecule has 7 heteroatoms. The van der Waals surface area contributed by atoms with Gasteiger partial charge in [0, 0.05) is 22.9 Å². The van der Waals surface area contributed by atoms with Crippen LogP contribution in [0.25, 0.3) is 10.8 Å². The van der Waals surface area contributed by atoms with Gasteiger partial charge in [0.05, 0.1) is 6.61 Å². The van der Waals surface area contributed by atoms with Crippen LogP contribution in [0.5, 0.6) is 5.75 Å². The Morgan fingerprint density at radius 2 is 1.87 bits per heavy atom. The maximum Gasteiger partial charge on any atom is 0.410 e. The number of hydrogen-bond acceptors (Lipinski definition) is 3. The fraction of sp³-hybridized carbons (Fsp3) is 0.522. The highest BCUT2D eigenvalue weighted by Gasteiger charge is 2.54. The lowest BCUT2D eigenvalue weighted by atomic mass is 9.94. The highest BCUT2D eigenvalue weighted by Crippen LogP contribution is 2.47. The van der Waals surface area contributed by atoms with Crippen molar-refractivity contribution in [3.8, 4) is 5.75 Å². The minimum Gasteiger partial charge on any atom is -0.493 e. The lowest BCUT2D eigenvalue weighted by Crippen LogP contribution is -2.51. The van der Waals surface area contributed by atoms with Gasteiger partial charge in [-0.05, 0) is 25.7 Å². The molecule has 0 bridgehead atoms. The van der Waals surface area contributed by atoms with Crippen molar-refractivity contribution >= 4 is 16.7 Å². The zero-order valence-electron chi connectivity index (χ0n) is 17.7. The van der Waals surface area contributed by atoms with E-state index in [1.54, 1.807) is 32.0 Å². The van der Waals surface area contributed by atoms with Gasteiger partial charge in [-0.1, -0.05) is 62.6 Å². The predicted molar refractivity (Wildman–Crippen MR) is 111 cm³/mol. The normalized spacial score (nSPS) is 17.9. The second-order valence-corrected chi connectivity index (χ2v) is 8.45. The Morgan fingerprint density at radius 1 is 1.13 bits per heavy atom. The summed E-state index contributed by atoms with van der Waals surface area (Å²) in [6, 6.07) is 8.42. The number of rotatable bonds is 8. The smallest absolute Gasteiger partial charge is 0.410 e. The molecule has 0 aliphatic carbocycles. The van der Waals surface area contributed by atoms with Crippen molar-refractivity contribution in [1.29, 1.82) is 0 Å². The average Bonchev–Trinajstić information content (AvgIpc) is 2.93. The molecule has 1 unspecified atom stereocenters. The first-order valence-corrected chi connectivity index (χ1v) is 10.4. The van der Waals surface area contributed by atoms with Gasteiger partial charge < -0.3 is 4.74 Å². The van der Waals surface area contributed by atoms with Gasteiger partial charge in [-0.15, -0.1) is 0 Å². The molecule has 1 N–H and O–H groups in total. The number of benzene rings is 2. The molecule has 1 atom stereocenters. The second-order valence-electron chi connectivity index (χ2n) is 8.45. The lowest BCUT2D eigenvalue weighted by molar-refractivity contribution is -0.204. The number of halogens is 3. The van der Waals surface area contributed by atoms with Gasteiger partial charge in [0.25, 0.3) is 0 Å². The summed E-state index contributed by atoms with van der Waals surface area (Å²) in [7, 11) is 0. The molecule has 1 saturated heterocycles. The largest absolute Gasteiger partial charge is 0.493 e. The Labute approximate surface area is 175 Å². The summed E-state index contributed by atoms with van der Waals surface area (Å²) >= 11 is 0. The van der Waals surface area contributed by atoms with Crippen LogP contribution in [-0.2, 0) is 4.79 Å². The van der Waals surface area contributed by atoms with Crippen molar-refractivity contribution in [2.45, 2.75) is 70.6 Å². The molecule has 0 spiro atoms. The molecular formula is C23H29F3N2O2. The number of nitrogens with one attached hydrogen (secondary N) is 1. The Morgan fingerprint density at radius 3 is 2.50 bits per heavy atom. The minimum absolute atomic E-state index is 0.000367. The van der Waals surface area contributed by atoms with E-state index >= 15 is 0 Å². The zero-order valence-corrected chi connectivity index (χ0v) is 17.7. The van der Waals surface area contributed by atoms with Crippen molar-refractivity contribution < 1.29 is 22.7 Å². The Bertz CT molecular complexity index is 896.